The molecule has 1 aromatic heterocycles. The maximum absolute atomic E-state index is 12.3. The first kappa shape index (κ1) is 15.2. The highest BCUT2D eigenvalue weighted by Gasteiger charge is 2.22. The first-order valence-corrected chi connectivity index (χ1v) is 8.43. The Balaban J connectivity index is 1.56. The molecule has 0 radical (unpaired) electrons. The molecule has 22 heavy (non-hydrogen) atoms. The van der Waals surface area contributed by atoms with Crippen LogP contribution in [0.15, 0.2) is 17.3 Å². The van der Waals surface area contributed by atoms with E-state index in [4.69, 9.17) is 5.73 Å². The number of nitrogens with two attached hydrogens (primary N) is 1. The SMILES string of the molecule is C[C@@H](CC(=O)Cc1cc2c(cn1)C(N)=NC2)C1CCCCC1. The van der Waals surface area contributed by atoms with Gasteiger partial charge in [0.15, 0.2) is 0 Å². The summed E-state index contributed by atoms with van der Waals surface area (Å²) in [5.41, 5.74) is 8.66. The molecule has 4 nitrogen and oxygen atoms in total. The molecular weight excluding hydrogens is 274 g/mol. The number of pyridine rings is 1. The van der Waals surface area contributed by atoms with Gasteiger partial charge in [0.05, 0.1) is 6.54 Å². The lowest BCUT2D eigenvalue weighted by Crippen LogP contribution is -2.19. The van der Waals surface area contributed by atoms with Gasteiger partial charge in [-0.15, -0.1) is 0 Å². The van der Waals surface area contributed by atoms with Crippen molar-refractivity contribution in [3.63, 3.8) is 0 Å². The van der Waals surface area contributed by atoms with Crippen molar-refractivity contribution in [1.82, 2.24) is 4.98 Å². The number of aliphatic imine (C=N–C) groups is 1. The van der Waals surface area contributed by atoms with Crippen LogP contribution >= 0.6 is 0 Å². The van der Waals surface area contributed by atoms with E-state index < -0.39 is 0 Å². The fourth-order valence-electron chi connectivity index (χ4n) is 3.76. The summed E-state index contributed by atoms with van der Waals surface area (Å²) >= 11 is 0. The van der Waals surface area contributed by atoms with Gasteiger partial charge in [0.2, 0.25) is 0 Å². The van der Waals surface area contributed by atoms with Crippen molar-refractivity contribution >= 4 is 11.6 Å². The molecule has 0 amide bonds. The normalized spacial score (nSPS) is 19.6. The van der Waals surface area contributed by atoms with Gasteiger partial charge in [-0.25, -0.2) is 0 Å². The van der Waals surface area contributed by atoms with Gasteiger partial charge >= 0.3 is 0 Å². The molecule has 0 bridgehead atoms. The van der Waals surface area contributed by atoms with Crippen LogP contribution in [0.25, 0.3) is 0 Å². The van der Waals surface area contributed by atoms with Crippen LogP contribution in [0.1, 0.15) is 62.3 Å². The predicted octanol–water partition coefficient (Wildman–Crippen LogP) is 3.02. The van der Waals surface area contributed by atoms with Gasteiger partial charge in [-0.1, -0.05) is 39.0 Å². The fraction of sp³-hybridized carbons (Fsp3) is 0.611. The molecular formula is C18H25N3O. The van der Waals surface area contributed by atoms with Gasteiger partial charge in [-0.05, 0) is 23.5 Å². The number of carbonyl (C=O) groups excluding carboxylic acids is 1. The smallest absolute Gasteiger partial charge is 0.139 e. The molecule has 1 fully saturated rings. The molecule has 1 atom stereocenters. The third-order valence-electron chi connectivity index (χ3n) is 5.12. The van der Waals surface area contributed by atoms with E-state index in [1.165, 1.54) is 32.1 Å². The van der Waals surface area contributed by atoms with Crippen molar-refractivity contribution in [2.24, 2.45) is 22.6 Å². The Hall–Kier alpha value is -1.71. The zero-order chi connectivity index (χ0) is 15.5. The van der Waals surface area contributed by atoms with E-state index in [9.17, 15) is 4.79 Å². The number of rotatable bonds is 5. The molecule has 1 aliphatic heterocycles. The van der Waals surface area contributed by atoms with Gasteiger partial charge in [0.25, 0.3) is 0 Å². The predicted molar refractivity (Wildman–Crippen MR) is 87.7 cm³/mol. The topological polar surface area (TPSA) is 68.3 Å². The number of aromatic nitrogens is 1. The molecule has 4 heteroatoms. The second-order valence-electron chi connectivity index (χ2n) is 6.83. The van der Waals surface area contributed by atoms with Crippen LogP contribution in [0, 0.1) is 11.8 Å². The minimum atomic E-state index is 0.303. The minimum Gasteiger partial charge on any atom is -0.383 e. The first-order chi connectivity index (χ1) is 10.6. The van der Waals surface area contributed by atoms with Crippen LogP contribution in [0.3, 0.4) is 0 Å². The Morgan fingerprint density at radius 1 is 1.36 bits per heavy atom. The first-order valence-electron chi connectivity index (χ1n) is 8.43. The summed E-state index contributed by atoms with van der Waals surface area (Å²) in [6.45, 7) is 2.85. The highest BCUT2D eigenvalue weighted by molar-refractivity contribution is 6.00. The number of Topliss-reactive ketones (excluding diaryl/α,β-unsaturated/α-hetero) is 1. The van der Waals surface area contributed by atoms with Crippen molar-refractivity contribution in [1.29, 1.82) is 0 Å². The van der Waals surface area contributed by atoms with Gasteiger partial charge in [0, 0.05) is 30.3 Å². The highest BCUT2D eigenvalue weighted by Crippen LogP contribution is 2.31. The fourth-order valence-corrected chi connectivity index (χ4v) is 3.76. The molecule has 0 unspecified atom stereocenters. The molecule has 118 valence electrons. The number of hydrogen-bond donors (Lipinski definition) is 1. The molecule has 1 saturated carbocycles. The minimum absolute atomic E-state index is 0.303. The number of ketones is 1. The molecule has 2 aliphatic rings. The molecule has 2 N–H and O–H groups in total. The number of carbonyl (C=O) groups is 1. The van der Waals surface area contributed by atoms with Crippen LogP contribution in [0.5, 0.6) is 0 Å². The molecule has 0 aromatic carbocycles. The Bertz CT molecular complexity index is 588. The third-order valence-corrected chi connectivity index (χ3v) is 5.12. The zero-order valence-corrected chi connectivity index (χ0v) is 13.3. The van der Waals surface area contributed by atoms with Crippen LogP contribution in [-0.2, 0) is 17.8 Å². The largest absolute Gasteiger partial charge is 0.383 e. The second-order valence-corrected chi connectivity index (χ2v) is 6.83. The standard InChI is InChI=1S/C18H25N3O/c1-12(13-5-3-2-4-6-13)7-16(22)9-15-8-14-10-21-18(19)17(14)11-20-15/h8,11-13H,2-7,9-10H2,1H3,(H2,19,21)/t12-/m0/s1. The van der Waals surface area contributed by atoms with Crippen molar-refractivity contribution in [3.8, 4) is 0 Å². The van der Waals surface area contributed by atoms with Crippen molar-refractivity contribution in [2.45, 2.75) is 58.4 Å². The van der Waals surface area contributed by atoms with Crippen LogP contribution in [0.2, 0.25) is 0 Å². The zero-order valence-electron chi connectivity index (χ0n) is 13.3. The van der Waals surface area contributed by atoms with Gasteiger partial charge in [0.1, 0.15) is 11.6 Å². The van der Waals surface area contributed by atoms with E-state index in [2.05, 4.69) is 16.9 Å². The molecule has 1 aromatic rings. The number of fused-ring (bicyclic) bond motifs is 1. The monoisotopic (exact) mass is 299 g/mol. The van der Waals surface area contributed by atoms with Crippen molar-refractivity contribution in [2.75, 3.05) is 0 Å². The number of hydrogen-bond acceptors (Lipinski definition) is 4. The quantitative estimate of drug-likeness (QED) is 0.908. The Morgan fingerprint density at radius 3 is 2.91 bits per heavy atom. The van der Waals surface area contributed by atoms with Gasteiger partial charge in [-0.2, -0.15) is 0 Å². The maximum Gasteiger partial charge on any atom is 0.139 e. The molecule has 0 saturated heterocycles. The molecule has 1 aliphatic carbocycles. The summed E-state index contributed by atoms with van der Waals surface area (Å²) in [6.07, 6.45) is 9.49. The van der Waals surface area contributed by atoms with E-state index in [-0.39, 0.29) is 0 Å². The van der Waals surface area contributed by atoms with Crippen LogP contribution in [-0.4, -0.2) is 16.6 Å². The summed E-state index contributed by atoms with van der Waals surface area (Å²) < 4.78 is 0. The highest BCUT2D eigenvalue weighted by atomic mass is 16.1. The van der Waals surface area contributed by atoms with Gasteiger partial charge < -0.3 is 5.73 Å². The molecule has 2 heterocycles. The summed E-state index contributed by atoms with van der Waals surface area (Å²) in [6, 6.07) is 1.99. The lowest BCUT2D eigenvalue weighted by atomic mass is 9.78. The molecule has 3 rings (SSSR count). The summed E-state index contributed by atoms with van der Waals surface area (Å²) in [4.78, 5) is 20.9. The van der Waals surface area contributed by atoms with E-state index in [0.717, 1.165) is 22.7 Å². The summed E-state index contributed by atoms with van der Waals surface area (Å²) in [5.74, 6) is 2.10. The Morgan fingerprint density at radius 2 is 2.14 bits per heavy atom. The molecule has 0 spiro atoms. The van der Waals surface area contributed by atoms with E-state index in [1.54, 1.807) is 6.20 Å². The van der Waals surface area contributed by atoms with E-state index in [1.807, 2.05) is 6.07 Å². The Kier molecular flexibility index (Phi) is 4.55. The third kappa shape index (κ3) is 3.37. The second kappa shape index (κ2) is 6.59. The van der Waals surface area contributed by atoms with Crippen LogP contribution < -0.4 is 5.73 Å². The number of amidine groups is 1. The van der Waals surface area contributed by atoms with Gasteiger partial charge in [-0.3, -0.25) is 14.8 Å². The van der Waals surface area contributed by atoms with Crippen molar-refractivity contribution in [3.05, 3.63) is 29.1 Å². The van der Waals surface area contributed by atoms with Crippen molar-refractivity contribution < 1.29 is 4.79 Å². The lowest BCUT2D eigenvalue weighted by molar-refractivity contribution is -0.119. The average Bonchev–Trinajstić information content (AvgIpc) is 2.89. The average molecular weight is 299 g/mol. The Labute approximate surface area is 132 Å². The lowest BCUT2D eigenvalue weighted by Gasteiger charge is -2.27. The van der Waals surface area contributed by atoms with E-state index >= 15 is 0 Å². The van der Waals surface area contributed by atoms with E-state index in [0.29, 0.717) is 36.9 Å². The maximum atomic E-state index is 12.3. The summed E-state index contributed by atoms with van der Waals surface area (Å²) in [5, 5.41) is 0. The van der Waals surface area contributed by atoms with Crippen LogP contribution in [0.4, 0.5) is 0 Å². The summed E-state index contributed by atoms with van der Waals surface area (Å²) in [7, 11) is 0. The number of nitrogens with zero attached hydrogens (tertiary/aromatic N) is 2.